The number of hydrogen-bond donors (Lipinski definition) is 1. The second kappa shape index (κ2) is 6.32. The first-order valence-corrected chi connectivity index (χ1v) is 7.52. The molecule has 1 amide bonds. The number of carbonyl (C=O) groups excluding carboxylic acids is 1. The third-order valence-electron chi connectivity index (χ3n) is 2.53. The number of carbonyl (C=O) groups is 1. The van der Waals surface area contributed by atoms with Crippen molar-refractivity contribution in [2.75, 3.05) is 33.1 Å². The van der Waals surface area contributed by atoms with Gasteiger partial charge in [0.05, 0.1) is 12.8 Å². The van der Waals surface area contributed by atoms with Gasteiger partial charge in [-0.15, -0.1) is 0 Å². The fourth-order valence-electron chi connectivity index (χ4n) is 1.52. The van der Waals surface area contributed by atoms with E-state index in [2.05, 4.69) is 5.32 Å². The van der Waals surface area contributed by atoms with E-state index in [1.165, 1.54) is 4.31 Å². The van der Waals surface area contributed by atoms with Crippen LogP contribution in [0.25, 0.3) is 0 Å². The number of methoxy groups -OCH3 is 1. The summed E-state index contributed by atoms with van der Waals surface area (Å²) in [7, 11) is -1.69. The second-order valence-electron chi connectivity index (χ2n) is 4.24. The first-order valence-electron chi connectivity index (χ1n) is 5.67. The van der Waals surface area contributed by atoms with E-state index in [4.69, 9.17) is 4.74 Å². The minimum Gasteiger partial charge on any atom is -0.385 e. The van der Waals surface area contributed by atoms with Crippen LogP contribution in [0.4, 0.5) is 0 Å². The SMILES string of the molecule is COCCCNC(=O)CN(C1CC1)S(C)(=O)=O. The summed E-state index contributed by atoms with van der Waals surface area (Å²) in [4.78, 5) is 11.5. The highest BCUT2D eigenvalue weighted by Gasteiger charge is 2.35. The molecule has 0 unspecified atom stereocenters. The summed E-state index contributed by atoms with van der Waals surface area (Å²) in [5.41, 5.74) is 0. The Bertz CT molecular complexity index is 351. The van der Waals surface area contributed by atoms with E-state index in [1.54, 1.807) is 7.11 Å². The average Bonchev–Trinajstić information content (AvgIpc) is 3.03. The number of amides is 1. The van der Waals surface area contributed by atoms with Gasteiger partial charge in [0.2, 0.25) is 15.9 Å². The molecule has 1 N–H and O–H groups in total. The molecule has 0 atom stereocenters. The smallest absolute Gasteiger partial charge is 0.235 e. The van der Waals surface area contributed by atoms with Gasteiger partial charge in [-0.05, 0) is 19.3 Å². The standard InChI is InChI=1S/C10H20N2O4S/c1-16-7-3-6-11-10(13)8-12(9-4-5-9)17(2,14)15/h9H,3-8H2,1-2H3,(H,11,13). The lowest BCUT2D eigenvalue weighted by Gasteiger charge is -2.18. The summed E-state index contributed by atoms with van der Waals surface area (Å²) >= 11 is 0. The summed E-state index contributed by atoms with van der Waals surface area (Å²) < 4.78 is 29.0. The van der Waals surface area contributed by atoms with Crippen LogP contribution in [-0.4, -0.2) is 57.7 Å². The summed E-state index contributed by atoms with van der Waals surface area (Å²) in [5.74, 6) is -0.251. The summed E-state index contributed by atoms with van der Waals surface area (Å²) in [6.45, 7) is 1.02. The molecule has 6 nitrogen and oxygen atoms in total. The molecule has 0 saturated heterocycles. The largest absolute Gasteiger partial charge is 0.385 e. The molecule has 1 saturated carbocycles. The van der Waals surface area contributed by atoms with Crippen molar-refractivity contribution < 1.29 is 17.9 Å². The molecule has 1 aliphatic rings. The number of hydrogen-bond acceptors (Lipinski definition) is 4. The lowest BCUT2D eigenvalue weighted by molar-refractivity contribution is -0.121. The van der Waals surface area contributed by atoms with E-state index < -0.39 is 10.0 Å². The van der Waals surface area contributed by atoms with Crippen LogP contribution >= 0.6 is 0 Å². The first kappa shape index (κ1) is 14.4. The molecule has 1 fully saturated rings. The Labute approximate surface area is 102 Å². The minimum atomic E-state index is -3.28. The molecule has 0 aromatic carbocycles. The zero-order valence-electron chi connectivity index (χ0n) is 10.3. The summed E-state index contributed by atoms with van der Waals surface area (Å²) in [6.07, 6.45) is 3.57. The Kier molecular flexibility index (Phi) is 5.35. The molecule has 0 aromatic rings. The molecule has 0 aliphatic heterocycles. The van der Waals surface area contributed by atoms with Crippen LogP contribution in [0, 0.1) is 0 Å². The maximum absolute atomic E-state index is 11.5. The van der Waals surface area contributed by atoms with E-state index >= 15 is 0 Å². The predicted molar refractivity (Wildman–Crippen MR) is 64.1 cm³/mol. The molecule has 0 radical (unpaired) electrons. The van der Waals surface area contributed by atoms with Crippen LogP contribution in [0.15, 0.2) is 0 Å². The van der Waals surface area contributed by atoms with E-state index in [9.17, 15) is 13.2 Å². The van der Waals surface area contributed by atoms with Crippen molar-refractivity contribution in [3.63, 3.8) is 0 Å². The maximum Gasteiger partial charge on any atom is 0.235 e. The molecule has 0 heterocycles. The van der Waals surface area contributed by atoms with Crippen LogP contribution in [0.1, 0.15) is 19.3 Å². The molecular weight excluding hydrogens is 244 g/mol. The maximum atomic E-state index is 11.5. The normalized spacial score (nSPS) is 16.2. The zero-order valence-corrected chi connectivity index (χ0v) is 11.1. The topological polar surface area (TPSA) is 75.7 Å². The van der Waals surface area contributed by atoms with Crippen LogP contribution in [0.2, 0.25) is 0 Å². The van der Waals surface area contributed by atoms with Gasteiger partial charge in [0, 0.05) is 26.3 Å². The van der Waals surface area contributed by atoms with Gasteiger partial charge in [0.15, 0.2) is 0 Å². The van der Waals surface area contributed by atoms with Crippen molar-refractivity contribution in [3.8, 4) is 0 Å². The average molecular weight is 264 g/mol. The second-order valence-corrected chi connectivity index (χ2v) is 6.17. The van der Waals surface area contributed by atoms with Crippen LogP contribution in [-0.2, 0) is 19.6 Å². The van der Waals surface area contributed by atoms with Gasteiger partial charge >= 0.3 is 0 Å². The number of nitrogens with zero attached hydrogens (tertiary/aromatic N) is 1. The van der Waals surface area contributed by atoms with Crippen LogP contribution in [0.3, 0.4) is 0 Å². The van der Waals surface area contributed by atoms with Crippen molar-refractivity contribution in [2.45, 2.75) is 25.3 Å². The number of sulfonamides is 1. The lowest BCUT2D eigenvalue weighted by Crippen LogP contribution is -2.41. The highest BCUT2D eigenvalue weighted by molar-refractivity contribution is 7.88. The summed E-state index contributed by atoms with van der Waals surface area (Å²) in [5, 5.41) is 2.68. The Hall–Kier alpha value is -0.660. The molecule has 1 aliphatic carbocycles. The van der Waals surface area contributed by atoms with Crippen molar-refractivity contribution >= 4 is 15.9 Å². The van der Waals surface area contributed by atoms with Gasteiger partial charge in [0.25, 0.3) is 0 Å². The molecule has 100 valence electrons. The molecule has 0 bridgehead atoms. The predicted octanol–water partition coefficient (Wildman–Crippen LogP) is -0.437. The van der Waals surface area contributed by atoms with E-state index in [0.717, 1.165) is 25.5 Å². The van der Waals surface area contributed by atoms with Gasteiger partial charge in [-0.3, -0.25) is 4.79 Å². The third-order valence-corrected chi connectivity index (χ3v) is 3.81. The Morgan fingerprint density at radius 1 is 1.47 bits per heavy atom. The van der Waals surface area contributed by atoms with Gasteiger partial charge in [-0.1, -0.05) is 0 Å². The van der Waals surface area contributed by atoms with E-state index in [0.29, 0.717) is 13.2 Å². The highest BCUT2D eigenvalue weighted by Crippen LogP contribution is 2.28. The molecule has 0 spiro atoms. The molecule has 0 aromatic heterocycles. The van der Waals surface area contributed by atoms with Crippen molar-refractivity contribution in [3.05, 3.63) is 0 Å². The van der Waals surface area contributed by atoms with E-state index in [-0.39, 0.29) is 18.5 Å². The fraction of sp³-hybridized carbons (Fsp3) is 0.900. The lowest BCUT2D eigenvalue weighted by atomic mass is 10.4. The fourth-order valence-corrected chi connectivity index (χ4v) is 2.63. The molecule has 1 rings (SSSR count). The molecule has 17 heavy (non-hydrogen) atoms. The first-order chi connectivity index (χ1) is 7.95. The summed E-state index contributed by atoms with van der Waals surface area (Å²) in [6, 6.07) is 0.0229. The van der Waals surface area contributed by atoms with Crippen molar-refractivity contribution in [2.24, 2.45) is 0 Å². The number of rotatable bonds is 8. The monoisotopic (exact) mass is 264 g/mol. The number of nitrogens with one attached hydrogen (secondary N) is 1. The Morgan fingerprint density at radius 3 is 2.59 bits per heavy atom. The molecular formula is C10H20N2O4S. The minimum absolute atomic E-state index is 0.0229. The van der Waals surface area contributed by atoms with Crippen molar-refractivity contribution in [1.82, 2.24) is 9.62 Å². The zero-order chi connectivity index (χ0) is 12.9. The van der Waals surface area contributed by atoms with E-state index in [1.807, 2.05) is 0 Å². The van der Waals surface area contributed by atoms with Gasteiger partial charge in [-0.25, -0.2) is 8.42 Å². The van der Waals surface area contributed by atoms with Gasteiger partial charge < -0.3 is 10.1 Å². The highest BCUT2D eigenvalue weighted by atomic mass is 32.2. The molecule has 7 heteroatoms. The quantitative estimate of drug-likeness (QED) is 0.603. The van der Waals surface area contributed by atoms with Gasteiger partial charge in [0.1, 0.15) is 0 Å². The third kappa shape index (κ3) is 5.47. The Morgan fingerprint density at radius 2 is 2.12 bits per heavy atom. The van der Waals surface area contributed by atoms with Crippen molar-refractivity contribution in [1.29, 1.82) is 0 Å². The Balaban J connectivity index is 2.32. The van der Waals surface area contributed by atoms with Crippen LogP contribution in [0.5, 0.6) is 0 Å². The van der Waals surface area contributed by atoms with Crippen LogP contribution < -0.4 is 5.32 Å². The van der Waals surface area contributed by atoms with Gasteiger partial charge in [-0.2, -0.15) is 4.31 Å². The number of ether oxygens (including phenoxy) is 1.